The molecule has 1 aromatic heterocycles. The molecule has 1 aromatic carbocycles. The van der Waals surface area contributed by atoms with Crippen molar-refractivity contribution in [3.63, 3.8) is 0 Å². The molecule has 10 heteroatoms. The number of nitrogens with two attached hydrogens (primary N) is 1. The number of hydrazone groups is 1. The van der Waals surface area contributed by atoms with Gasteiger partial charge in [0.1, 0.15) is 0 Å². The predicted octanol–water partition coefficient (Wildman–Crippen LogP) is 1.43. The number of amides is 1. The van der Waals surface area contributed by atoms with E-state index in [4.69, 9.17) is 5.73 Å². The van der Waals surface area contributed by atoms with Crippen molar-refractivity contribution in [2.24, 2.45) is 5.10 Å². The smallest absolute Gasteiger partial charge is 0.379 e. The minimum Gasteiger partial charge on any atom is -0.379 e. The van der Waals surface area contributed by atoms with Crippen LogP contribution in [0.4, 0.5) is 19.0 Å². The van der Waals surface area contributed by atoms with Crippen molar-refractivity contribution in [2.45, 2.75) is 6.18 Å². The van der Waals surface area contributed by atoms with E-state index in [-0.39, 0.29) is 17.1 Å². The van der Waals surface area contributed by atoms with Gasteiger partial charge in [-0.05, 0) is 28.0 Å². The molecule has 0 atom stereocenters. The fraction of sp³-hybridized carbons (Fsp3) is 0.0909. The number of hydrogen-bond donors (Lipinski definition) is 2. The molecule has 0 radical (unpaired) electrons. The number of halogens is 3. The zero-order valence-corrected chi connectivity index (χ0v) is 10.3. The highest BCUT2D eigenvalue weighted by molar-refractivity contribution is 5.96. The Morgan fingerprint density at radius 3 is 2.76 bits per heavy atom. The van der Waals surface area contributed by atoms with E-state index in [1.165, 1.54) is 12.1 Å². The normalized spacial score (nSPS) is 11.8. The Hall–Kier alpha value is -2.91. The summed E-state index contributed by atoms with van der Waals surface area (Å²) in [7, 11) is 0. The summed E-state index contributed by atoms with van der Waals surface area (Å²) in [5.74, 6) is -1.02. The summed E-state index contributed by atoms with van der Waals surface area (Å²) in [6.07, 6.45) is -3.40. The van der Waals surface area contributed by atoms with Crippen LogP contribution in [0, 0.1) is 0 Å². The Morgan fingerprint density at radius 1 is 1.38 bits per heavy atom. The number of carbonyl (C=O) groups excluding carboxylic acids is 1. The van der Waals surface area contributed by atoms with Crippen LogP contribution in [0.25, 0.3) is 0 Å². The lowest BCUT2D eigenvalue weighted by Crippen LogP contribution is -2.19. The number of rotatable bonds is 3. The number of carbonyl (C=O) groups is 1. The van der Waals surface area contributed by atoms with Gasteiger partial charge in [0.15, 0.2) is 0 Å². The highest BCUT2D eigenvalue weighted by atomic mass is 19.4. The number of nitrogens with zero attached hydrogens (tertiary/aromatic N) is 3. The van der Waals surface area contributed by atoms with Gasteiger partial charge in [-0.25, -0.2) is 10.1 Å². The zero-order chi connectivity index (χ0) is 15.5. The molecule has 2 rings (SSSR count). The van der Waals surface area contributed by atoms with E-state index in [9.17, 15) is 18.0 Å². The molecule has 110 valence electrons. The van der Waals surface area contributed by atoms with Crippen LogP contribution in [0.15, 0.2) is 34.0 Å². The summed E-state index contributed by atoms with van der Waals surface area (Å²) < 4.78 is 41.7. The topological polar surface area (TPSA) is 106 Å². The SMILES string of the molecule is Nc1nonc1C(=O)N/N=C\c1cccc(C(F)(F)F)c1. The van der Waals surface area contributed by atoms with E-state index >= 15 is 0 Å². The quantitative estimate of drug-likeness (QED) is 0.658. The maximum absolute atomic E-state index is 12.5. The van der Waals surface area contributed by atoms with Crippen LogP contribution < -0.4 is 11.2 Å². The standard InChI is InChI=1S/C11H8F3N5O2/c12-11(13,14)7-3-1-2-6(4-7)5-16-17-10(20)8-9(15)19-21-18-8/h1-5H,(H2,15,19)(H,17,20)/b16-5-. The van der Waals surface area contributed by atoms with Crippen molar-refractivity contribution >= 4 is 17.9 Å². The molecule has 3 N–H and O–H groups in total. The van der Waals surface area contributed by atoms with Crippen molar-refractivity contribution in [3.05, 3.63) is 41.1 Å². The average Bonchev–Trinajstić information content (AvgIpc) is 2.84. The second-order valence-corrected chi connectivity index (χ2v) is 3.82. The summed E-state index contributed by atoms with van der Waals surface area (Å²) in [5.41, 5.74) is 6.41. The molecule has 7 nitrogen and oxygen atoms in total. The van der Waals surface area contributed by atoms with Crippen LogP contribution in [0.5, 0.6) is 0 Å². The first-order chi connectivity index (χ1) is 9.88. The molecule has 0 spiro atoms. The molecule has 0 bridgehead atoms. The summed E-state index contributed by atoms with van der Waals surface area (Å²) in [6.45, 7) is 0. The van der Waals surface area contributed by atoms with Crippen LogP contribution in [0.2, 0.25) is 0 Å². The monoisotopic (exact) mass is 299 g/mol. The first-order valence-corrected chi connectivity index (χ1v) is 5.46. The third-order valence-corrected chi connectivity index (χ3v) is 2.32. The fourth-order valence-corrected chi connectivity index (χ4v) is 1.37. The molecule has 1 amide bonds. The molecule has 0 aliphatic rings. The van der Waals surface area contributed by atoms with Gasteiger partial charge in [0.05, 0.1) is 11.8 Å². The number of hydrogen-bond acceptors (Lipinski definition) is 6. The molecule has 0 aliphatic heterocycles. The second-order valence-electron chi connectivity index (χ2n) is 3.82. The van der Waals surface area contributed by atoms with Gasteiger partial charge in [0, 0.05) is 0 Å². The maximum Gasteiger partial charge on any atom is 0.416 e. The largest absolute Gasteiger partial charge is 0.416 e. The lowest BCUT2D eigenvalue weighted by atomic mass is 10.1. The Labute approximate surface area is 115 Å². The van der Waals surface area contributed by atoms with Gasteiger partial charge >= 0.3 is 6.18 Å². The van der Waals surface area contributed by atoms with Crippen LogP contribution in [-0.2, 0) is 6.18 Å². The van der Waals surface area contributed by atoms with Gasteiger partial charge in [0.25, 0.3) is 5.91 Å². The first kappa shape index (κ1) is 14.5. The maximum atomic E-state index is 12.5. The molecule has 0 unspecified atom stereocenters. The average molecular weight is 299 g/mol. The molecular weight excluding hydrogens is 291 g/mol. The molecule has 0 saturated heterocycles. The fourth-order valence-electron chi connectivity index (χ4n) is 1.37. The Kier molecular flexibility index (Phi) is 3.87. The van der Waals surface area contributed by atoms with Crippen LogP contribution in [-0.4, -0.2) is 22.4 Å². The lowest BCUT2D eigenvalue weighted by Gasteiger charge is -2.06. The van der Waals surface area contributed by atoms with E-state index in [0.29, 0.717) is 0 Å². The van der Waals surface area contributed by atoms with E-state index in [2.05, 4.69) is 20.0 Å². The summed E-state index contributed by atoms with van der Waals surface area (Å²) >= 11 is 0. The molecular formula is C11H8F3N5O2. The van der Waals surface area contributed by atoms with Crippen molar-refractivity contribution in [3.8, 4) is 0 Å². The van der Waals surface area contributed by atoms with Gasteiger partial charge in [-0.2, -0.15) is 18.3 Å². The first-order valence-electron chi connectivity index (χ1n) is 5.46. The number of aromatic nitrogens is 2. The minimum atomic E-state index is -4.45. The third kappa shape index (κ3) is 3.55. The van der Waals surface area contributed by atoms with Gasteiger partial charge in [-0.15, -0.1) is 0 Å². The summed E-state index contributed by atoms with van der Waals surface area (Å²) in [6, 6.07) is 4.45. The number of benzene rings is 1. The van der Waals surface area contributed by atoms with Crippen molar-refractivity contribution in [1.29, 1.82) is 0 Å². The second kappa shape index (κ2) is 5.61. The van der Waals surface area contributed by atoms with Gasteiger partial charge in [0.2, 0.25) is 11.5 Å². The van der Waals surface area contributed by atoms with Crippen LogP contribution in [0.1, 0.15) is 21.6 Å². The van der Waals surface area contributed by atoms with E-state index in [1.807, 2.05) is 5.43 Å². The molecule has 0 aliphatic carbocycles. The highest BCUT2D eigenvalue weighted by Crippen LogP contribution is 2.29. The zero-order valence-electron chi connectivity index (χ0n) is 10.3. The third-order valence-electron chi connectivity index (χ3n) is 2.32. The van der Waals surface area contributed by atoms with Crippen molar-refractivity contribution in [1.82, 2.24) is 15.7 Å². The molecule has 0 saturated carbocycles. The number of nitrogens with one attached hydrogen (secondary N) is 1. The number of anilines is 1. The van der Waals surface area contributed by atoms with E-state index in [1.54, 1.807) is 0 Å². The summed E-state index contributed by atoms with van der Waals surface area (Å²) in [5, 5.41) is 9.94. The predicted molar refractivity (Wildman–Crippen MR) is 65.2 cm³/mol. The Bertz CT molecular complexity index is 680. The molecule has 21 heavy (non-hydrogen) atoms. The Morgan fingerprint density at radius 2 is 2.14 bits per heavy atom. The molecule has 1 heterocycles. The molecule has 0 fully saturated rings. The highest BCUT2D eigenvalue weighted by Gasteiger charge is 2.30. The Balaban J connectivity index is 2.05. The van der Waals surface area contributed by atoms with Gasteiger partial charge in [-0.1, -0.05) is 12.1 Å². The van der Waals surface area contributed by atoms with Gasteiger partial charge in [-0.3, -0.25) is 4.79 Å². The van der Waals surface area contributed by atoms with Crippen molar-refractivity contribution in [2.75, 3.05) is 5.73 Å². The van der Waals surface area contributed by atoms with E-state index < -0.39 is 17.6 Å². The molecule has 2 aromatic rings. The van der Waals surface area contributed by atoms with E-state index in [0.717, 1.165) is 18.3 Å². The van der Waals surface area contributed by atoms with Crippen LogP contribution >= 0.6 is 0 Å². The number of nitrogen functional groups attached to an aromatic ring is 1. The minimum absolute atomic E-state index is 0.163. The van der Waals surface area contributed by atoms with Crippen molar-refractivity contribution < 1.29 is 22.6 Å². The van der Waals surface area contributed by atoms with Crippen LogP contribution in [0.3, 0.4) is 0 Å². The summed E-state index contributed by atoms with van der Waals surface area (Å²) in [4.78, 5) is 11.5. The lowest BCUT2D eigenvalue weighted by molar-refractivity contribution is -0.137. The number of alkyl halides is 3. The van der Waals surface area contributed by atoms with Gasteiger partial charge < -0.3 is 5.73 Å².